The Bertz CT molecular complexity index is 1680. The molecule has 0 atom stereocenters. The molecule has 0 unspecified atom stereocenters. The summed E-state index contributed by atoms with van der Waals surface area (Å²) in [5.74, 6) is -1.49. The Morgan fingerprint density at radius 1 is 1.21 bits per heavy atom. The lowest BCUT2D eigenvalue weighted by molar-refractivity contribution is 0.0520. The van der Waals surface area contributed by atoms with E-state index >= 15 is 0 Å². The molecule has 13 heteroatoms. The van der Waals surface area contributed by atoms with Crippen LogP contribution in [0.5, 0.6) is 0 Å². The van der Waals surface area contributed by atoms with Crippen LogP contribution < -0.4 is 5.14 Å². The maximum Gasteiger partial charge on any atom is 0.357 e. The molecular formula is C26H23BrF2N4O4S2. The Hall–Kier alpha value is -3.00. The zero-order valence-electron chi connectivity index (χ0n) is 20.7. The minimum atomic E-state index is -4.22. The molecule has 4 aromatic rings. The molecule has 1 aliphatic rings. The second kappa shape index (κ2) is 10.9. The minimum Gasteiger partial charge on any atom is -0.461 e. The summed E-state index contributed by atoms with van der Waals surface area (Å²) in [7, 11) is -4.22. The lowest BCUT2D eigenvalue weighted by Crippen LogP contribution is -2.14. The van der Waals surface area contributed by atoms with E-state index in [2.05, 4.69) is 20.9 Å². The highest BCUT2D eigenvalue weighted by Crippen LogP contribution is 2.38. The Labute approximate surface area is 236 Å². The average molecular weight is 638 g/mol. The van der Waals surface area contributed by atoms with Gasteiger partial charge in [-0.3, -0.25) is 0 Å². The van der Waals surface area contributed by atoms with Gasteiger partial charge in [-0.15, -0.1) is 11.3 Å². The zero-order chi connectivity index (χ0) is 27.9. The van der Waals surface area contributed by atoms with Gasteiger partial charge in [-0.1, -0.05) is 6.07 Å². The van der Waals surface area contributed by atoms with Gasteiger partial charge >= 0.3 is 5.97 Å². The number of thiazole rings is 1. The predicted molar refractivity (Wildman–Crippen MR) is 145 cm³/mol. The maximum absolute atomic E-state index is 14.7. The molecule has 2 heterocycles. The van der Waals surface area contributed by atoms with E-state index in [1.54, 1.807) is 29.1 Å². The zero-order valence-corrected chi connectivity index (χ0v) is 23.9. The fourth-order valence-corrected chi connectivity index (χ4v) is 5.99. The molecule has 0 saturated heterocycles. The number of hydrogen-bond donors (Lipinski definition) is 1. The van der Waals surface area contributed by atoms with Gasteiger partial charge in [0.05, 0.1) is 22.5 Å². The number of aromatic nitrogens is 3. The Morgan fingerprint density at radius 2 is 1.97 bits per heavy atom. The van der Waals surface area contributed by atoms with Gasteiger partial charge in [0, 0.05) is 22.9 Å². The fourth-order valence-electron chi connectivity index (χ4n) is 4.26. The first-order valence-electron chi connectivity index (χ1n) is 12.1. The van der Waals surface area contributed by atoms with Crippen molar-refractivity contribution in [1.82, 2.24) is 14.8 Å². The number of nitrogens with zero attached hydrogens (tertiary/aromatic N) is 3. The minimum absolute atomic E-state index is 0.165. The van der Waals surface area contributed by atoms with E-state index < -0.39 is 32.5 Å². The van der Waals surface area contributed by atoms with Gasteiger partial charge in [0.2, 0.25) is 15.2 Å². The summed E-state index contributed by atoms with van der Waals surface area (Å²) in [6, 6.07) is 8.34. The van der Waals surface area contributed by atoms with E-state index in [1.807, 2.05) is 0 Å². The third-order valence-electron chi connectivity index (χ3n) is 6.30. The van der Waals surface area contributed by atoms with Crippen molar-refractivity contribution in [1.29, 1.82) is 0 Å². The van der Waals surface area contributed by atoms with Crippen LogP contribution in [-0.4, -0.2) is 35.8 Å². The van der Waals surface area contributed by atoms with E-state index in [0.717, 1.165) is 36.2 Å². The lowest BCUT2D eigenvalue weighted by Gasteiger charge is -2.10. The first-order valence-corrected chi connectivity index (χ1v) is 15.3. The Kier molecular flexibility index (Phi) is 7.68. The van der Waals surface area contributed by atoms with E-state index in [9.17, 15) is 22.0 Å². The van der Waals surface area contributed by atoms with Gasteiger partial charge < -0.3 is 4.74 Å². The summed E-state index contributed by atoms with van der Waals surface area (Å²) in [6.45, 7) is 1.93. The van der Waals surface area contributed by atoms with Crippen LogP contribution in [0, 0.1) is 17.6 Å². The molecule has 2 aromatic carbocycles. The summed E-state index contributed by atoms with van der Waals surface area (Å²) in [5.41, 5.74) is 3.42. The third kappa shape index (κ3) is 5.96. The standard InChI is InChI=1S/C26H23BrF2N4O4S2/c1-2-37-25(34)21-13-38-26(31-21)33-22(11-14-3-4-14)17(24(32-33)16-6-7-19(28)18(27)12-16)9-15-5-8-23(20(29)10-15)39(30,35)36/h5-8,10,12-14H,2-4,9,11H2,1H3,(H2,30,35,36). The molecule has 0 radical (unpaired) electrons. The number of esters is 1. The largest absolute Gasteiger partial charge is 0.461 e. The van der Waals surface area contributed by atoms with Crippen molar-refractivity contribution in [2.75, 3.05) is 6.61 Å². The van der Waals surface area contributed by atoms with E-state index in [-0.39, 0.29) is 23.2 Å². The monoisotopic (exact) mass is 636 g/mol. The molecule has 39 heavy (non-hydrogen) atoms. The molecule has 0 amide bonds. The fraction of sp³-hybridized carbons (Fsp3) is 0.269. The van der Waals surface area contributed by atoms with Crippen molar-refractivity contribution < 1.29 is 26.7 Å². The number of halogens is 3. The smallest absolute Gasteiger partial charge is 0.357 e. The number of benzene rings is 2. The molecular weight excluding hydrogens is 614 g/mol. The van der Waals surface area contributed by atoms with Gasteiger partial charge in [-0.2, -0.15) is 5.10 Å². The molecule has 2 N–H and O–H groups in total. The van der Waals surface area contributed by atoms with Crippen molar-refractivity contribution >= 4 is 43.3 Å². The average Bonchev–Trinajstić information content (AvgIpc) is 3.43. The van der Waals surface area contributed by atoms with Crippen molar-refractivity contribution in [2.24, 2.45) is 11.1 Å². The number of ether oxygens (including phenoxy) is 1. The maximum atomic E-state index is 14.7. The highest BCUT2D eigenvalue weighted by molar-refractivity contribution is 9.10. The molecule has 0 spiro atoms. The van der Waals surface area contributed by atoms with Gasteiger partial charge in [-0.25, -0.2) is 36.8 Å². The van der Waals surface area contributed by atoms with Crippen molar-refractivity contribution in [2.45, 2.75) is 37.5 Å². The summed E-state index contributed by atoms with van der Waals surface area (Å²) in [4.78, 5) is 16.1. The van der Waals surface area contributed by atoms with Crippen LogP contribution in [-0.2, 0) is 27.6 Å². The molecule has 204 valence electrons. The summed E-state index contributed by atoms with van der Waals surface area (Å²) < 4.78 is 59.2. The van der Waals surface area contributed by atoms with Crippen molar-refractivity contribution in [3.05, 3.63) is 80.4 Å². The summed E-state index contributed by atoms with van der Waals surface area (Å²) in [6.07, 6.45) is 2.97. The number of nitrogens with two attached hydrogens (primary N) is 1. The van der Waals surface area contributed by atoms with Crippen LogP contribution in [0.25, 0.3) is 16.4 Å². The second-order valence-electron chi connectivity index (χ2n) is 9.18. The predicted octanol–water partition coefficient (Wildman–Crippen LogP) is 5.40. The number of carbonyl (C=O) groups is 1. The number of carbonyl (C=O) groups excluding carboxylic acids is 1. The van der Waals surface area contributed by atoms with E-state index in [1.165, 1.54) is 23.5 Å². The van der Waals surface area contributed by atoms with Gasteiger partial charge in [-0.05, 0) is 83.9 Å². The second-order valence-corrected chi connectivity index (χ2v) is 12.4. The van der Waals surface area contributed by atoms with Crippen LogP contribution in [0.15, 0.2) is 51.1 Å². The highest BCUT2D eigenvalue weighted by atomic mass is 79.9. The number of hydrogen-bond acceptors (Lipinski definition) is 7. The highest BCUT2D eigenvalue weighted by Gasteiger charge is 2.30. The topological polar surface area (TPSA) is 117 Å². The van der Waals surface area contributed by atoms with Crippen LogP contribution in [0.1, 0.15) is 47.1 Å². The SMILES string of the molecule is CCOC(=O)c1csc(-n2nc(-c3ccc(F)c(Br)c3)c(Cc3ccc(S(N)(=O)=O)c(F)c3)c2CC2CC2)n1. The van der Waals surface area contributed by atoms with E-state index in [0.29, 0.717) is 34.3 Å². The Morgan fingerprint density at radius 3 is 2.62 bits per heavy atom. The van der Waals surface area contributed by atoms with Crippen LogP contribution in [0.4, 0.5) is 8.78 Å². The molecule has 0 aliphatic heterocycles. The molecule has 5 rings (SSSR count). The number of primary sulfonamides is 1. The molecule has 1 saturated carbocycles. The quantitative estimate of drug-likeness (QED) is 0.246. The van der Waals surface area contributed by atoms with Crippen LogP contribution >= 0.6 is 27.3 Å². The van der Waals surface area contributed by atoms with Crippen LogP contribution in [0.2, 0.25) is 0 Å². The Balaban J connectivity index is 1.66. The number of sulfonamides is 1. The first kappa shape index (κ1) is 27.6. The van der Waals surface area contributed by atoms with Gasteiger partial charge in [0.1, 0.15) is 16.5 Å². The lowest BCUT2D eigenvalue weighted by atomic mass is 9.97. The van der Waals surface area contributed by atoms with Gasteiger partial charge in [0.15, 0.2) is 5.69 Å². The van der Waals surface area contributed by atoms with Crippen molar-refractivity contribution in [3.63, 3.8) is 0 Å². The molecule has 1 fully saturated rings. The normalized spacial score (nSPS) is 13.6. The first-order chi connectivity index (χ1) is 18.5. The number of rotatable bonds is 9. The summed E-state index contributed by atoms with van der Waals surface area (Å²) in [5, 5.41) is 12.0. The molecule has 0 bridgehead atoms. The molecule has 1 aliphatic carbocycles. The van der Waals surface area contributed by atoms with E-state index in [4.69, 9.17) is 15.0 Å². The van der Waals surface area contributed by atoms with Crippen LogP contribution in [0.3, 0.4) is 0 Å². The molecule has 8 nitrogen and oxygen atoms in total. The summed E-state index contributed by atoms with van der Waals surface area (Å²) >= 11 is 4.47. The van der Waals surface area contributed by atoms with Gasteiger partial charge in [0.25, 0.3) is 0 Å². The molecule has 2 aromatic heterocycles. The van der Waals surface area contributed by atoms with Crippen molar-refractivity contribution in [3.8, 4) is 16.4 Å². The third-order valence-corrected chi connectivity index (χ3v) is 8.67.